The Morgan fingerprint density at radius 2 is 1.58 bits per heavy atom. The molecule has 0 bridgehead atoms. The van der Waals surface area contributed by atoms with Gasteiger partial charge in [0.25, 0.3) is 11.8 Å². The van der Waals surface area contributed by atoms with E-state index in [9.17, 15) is 18.4 Å². The summed E-state index contributed by atoms with van der Waals surface area (Å²) in [5.41, 5.74) is 5.24. The molecule has 0 aliphatic carbocycles. The van der Waals surface area contributed by atoms with E-state index in [1.165, 1.54) is 5.01 Å². The molecule has 1 heterocycles. The van der Waals surface area contributed by atoms with Gasteiger partial charge in [-0.3, -0.25) is 15.0 Å². The Morgan fingerprint density at radius 3 is 2.09 bits per heavy atom. The number of hydrogen-bond acceptors (Lipinski definition) is 5. The van der Waals surface area contributed by atoms with Crippen LogP contribution in [0.1, 0.15) is 104 Å². The number of rotatable bonds is 11. The van der Waals surface area contributed by atoms with Crippen LogP contribution in [-0.2, 0) is 15.7 Å². The molecular weight excluding hydrogens is 553 g/mol. The van der Waals surface area contributed by atoms with Crippen LogP contribution in [0.3, 0.4) is 0 Å². The number of nitrogens with one attached hydrogen (secondary N) is 1. The largest absolute Gasteiger partial charge is 0.457 e. The molecule has 0 radical (unpaired) electrons. The van der Waals surface area contributed by atoms with Gasteiger partial charge in [-0.25, -0.2) is 5.01 Å². The summed E-state index contributed by atoms with van der Waals surface area (Å²) < 4.78 is 44.2. The third kappa shape index (κ3) is 8.15. The average Bonchev–Trinajstić information content (AvgIpc) is 3.09. The molecule has 1 saturated heterocycles. The second-order valence-electron chi connectivity index (χ2n) is 12.9. The fourth-order valence-corrected chi connectivity index (χ4v) is 5.63. The van der Waals surface area contributed by atoms with E-state index in [1.807, 2.05) is 68.4 Å². The van der Waals surface area contributed by atoms with E-state index >= 15 is 0 Å². The molecular formula is C33H47BF2N2O5. The Bertz CT molecular complexity index is 1280. The first-order valence-electron chi connectivity index (χ1n) is 15.1. The summed E-state index contributed by atoms with van der Waals surface area (Å²) in [7, 11) is -0.399. The van der Waals surface area contributed by atoms with Crippen molar-refractivity contribution in [3.8, 4) is 5.75 Å². The molecule has 2 aromatic carbocycles. The number of hydrazine groups is 1. The van der Waals surface area contributed by atoms with Crippen molar-refractivity contribution in [2.75, 3.05) is 0 Å². The maximum absolute atomic E-state index is 13.7. The molecule has 0 spiro atoms. The molecule has 43 heavy (non-hydrogen) atoms. The van der Waals surface area contributed by atoms with E-state index in [4.69, 9.17) is 14.0 Å². The lowest BCUT2D eigenvalue weighted by Gasteiger charge is -2.34. The Morgan fingerprint density at radius 1 is 1.00 bits per heavy atom. The van der Waals surface area contributed by atoms with Crippen molar-refractivity contribution < 1.29 is 32.4 Å². The topological polar surface area (TPSA) is 77.1 Å². The molecule has 0 unspecified atom stereocenters. The summed E-state index contributed by atoms with van der Waals surface area (Å²) in [5.74, 6) is -0.885. The minimum absolute atomic E-state index is 0.0281. The van der Waals surface area contributed by atoms with E-state index < -0.39 is 30.8 Å². The Kier molecular flexibility index (Phi) is 11.0. The van der Waals surface area contributed by atoms with Crippen LogP contribution in [-0.4, -0.2) is 47.8 Å². The van der Waals surface area contributed by atoms with Crippen molar-refractivity contribution in [1.82, 2.24) is 10.4 Å². The van der Waals surface area contributed by atoms with Crippen LogP contribution in [0.15, 0.2) is 30.3 Å². The summed E-state index contributed by atoms with van der Waals surface area (Å²) in [6.45, 7) is 16.2. The minimum atomic E-state index is -3.06. The predicted molar refractivity (Wildman–Crippen MR) is 165 cm³/mol. The van der Waals surface area contributed by atoms with Crippen molar-refractivity contribution in [1.29, 1.82) is 0 Å². The van der Waals surface area contributed by atoms with E-state index in [0.717, 1.165) is 11.1 Å². The van der Waals surface area contributed by atoms with Crippen LogP contribution < -0.4 is 10.2 Å². The van der Waals surface area contributed by atoms with Crippen molar-refractivity contribution in [2.45, 2.75) is 119 Å². The van der Waals surface area contributed by atoms with Crippen LogP contribution >= 0.6 is 0 Å². The van der Waals surface area contributed by atoms with Gasteiger partial charge in [0, 0.05) is 16.7 Å². The van der Waals surface area contributed by atoms with Crippen LogP contribution in [0.5, 0.6) is 5.75 Å². The zero-order valence-electron chi connectivity index (χ0n) is 27.3. The molecule has 1 aliphatic heterocycles. The number of amides is 2. The summed E-state index contributed by atoms with van der Waals surface area (Å²) in [5, 5.41) is 1.38. The highest BCUT2D eigenvalue weighted by molar-refractivity contribution is 6.45. The van der Waals surface area contributed by atoms with Crippen LogP contribution in [0.25, 0.3) is 0 Å². The van der Waals surface area contributed by atoms with E-state index in [2.05, 4.69) is 5.43 Å². The zero-order chi connectivity index (χ0) is 32.3. The van der Waals surface area contributed by atoms with Gasteiger partial charge in [-0.15, -0.1) is 0 Å². The van der Waals surface area contributed by atoms with Crippen molar-refractivity contribution in [3.05, 3.63) is 63.7 Å². The third-order valence-corrected chi connectivity index (χ3v) is 8.56. The molecule has 10 heteroatoms. The predicted octanol–water partition coefficient (Wildman–Crippen LogP) is 7.46. The smallest absolute Gasteiger partial charge is 0.434 e. The second kappa shape index (κ2) is 13.8. The standard InChI is InChI=1S/C33H47BF2N2O5/c1-11-27(20(2)3)38(30(40)25-18-21(4)17-22(5)19-25)37-29(39)26-15-14-24(28(23(26)6)41-31(35)36)13-12-16-34-42-32(7,8)33(9,10)43-34/h14-15,17-20,27,31H,11-13,16H2,1-10H3,(H,37,39)/t27-/m1/s1. The van der Waals surface area contributed by atoms with Gasteiger partial charge in [0.15, 0.2) is 0 Å². The number of hydrogen-bond donors (Lipinski definition) is 1. The maximum Gasteiger partial charge on any atom is 0.457 e. The highest BCUT2D eigenvalue weighted by Gasteiger charge is 2.50. The number of carbonyl (C=O) groups excluding carboxylic acids is 2. The number of nitrogens with zero attached hydrogens (tertiary/aromatic N) is 1. The van der Waals surface area contributed by atoms with Gasteiger partial charge in [0.1, 0.15) is 5.75 Å². The highest BCUT2D eigenvalue weighted by atomic mass is 19.3. The van der Waals surface area contributed by atoms with Gasteiger partial charge in [-0.2, -0.15) is 8.78 Å². The number of carbonyl (C=O) groups is 2. The number of alkyl halides is 2. The van der Waals surface area contributed by atoms with E-state index in [-0.39, 0.29) is 34.7 Å². The average molecular weight is 601 g/mol. The molecule has 1 N–H and O–H groups in total. The van der Waals surface area contributed by atoms with Crippen LogP contribution in [0.4, 0.5) is 8.78 Å². The molecule has 236 valence electrons. The Hall–Kier alpha value is -2.98. The number of aryl methyl sites for hydroxylation is 3. The van der Waals surface area contributed by atoms with Crippen molar-refractivity contribution >= 4 is 18.9 Å². The molecule has 2 amide bonds. The summed E-state index contributed by atoms with van der Waals surface area (Å²) in [6, 6.07) is 8.51. The SMILES string of the molecule is CC[C@H](C(C)C)N(NC(=O)c1ccc(CCCB2OC(C)(C)C(C)(C)O2)c(OC(F)F)c1C)C(=O)c1cc(C)cc(C)c1. The van der Waals surface area contributed by atoms with Gasteiger partial charge in [-0.1, -0.05) is 50.5 Å². The molecule has 1 fully saturated rings. The monoisotopic (exact) mass is 600 g/mol. The van der Waals surface area contributed by atoms with Gasteiger partial charge in [0.05, 0.1) is 17.2 Å². The van der Waals surface area contributed by atoms with Gasteiger partial charge in [0.2, 0.25) is 0 Å². The second-order valence-corrected chi connectivity index (χ2v) is 12.9. The molecule has 1 aliphatic rings. The van der Waals surface area contributed by atoms with E-state index in [1.54, 1.807) is 31.2 Å². The quantitative estimate of drug-likeness (QED) is 0.214. The lowest BCUT2D eigenvalue weighted by atomic mass is 9.81. The molecule has 1 atom stereocenters. The summed E-state index contributed by atoms with van der Waals surface area (Å²) in [6.07, 6.45) is 2.21. The Balaban J connectivity index is 1.86. The summed E-state index contributed by atoms with van der Waals surface area (Å²) in [4.78, 5) is 27.4. The fraction of sp³-hybridized carbons (Fsp3) is 0.576. The van der Waals surface area contributed by atoms with Crippen LogP contribution in [0.2, 0.25) is 6.32 Å². The lowest BCUT2D eigenvalue weighted by Crippen LogP contribution is -2.53. The first kappa shape index (κ1) is 34.5. The van der Waals surface area contributed by atoms with Gasteiger partial charge < -0.3 is 14.0 Å². The first-order chi connectivity index (χ1) is 20.0. The molecule has 2 aromatic rings. The fourth-order valence-electron chi connectivity index (χ4n) is 5.63. The lowest BCUT2D eigenvalue weighted by molar-refractivity contribution is -0.0509. The third-order valence-electron chi connectivity index (χ3n) is 8.56. The zero-order valence-corrected chi connectivity index (χ0v) is 27.3. The van der Waals surface area contributed by atoms with Crippen molar-refractivity contribution in [3.63, 3.8) is 0 Å². The highest BCUT2D eigenvalue weighted by Crippen LogP contribution is 2.38. The normalized spacial score (nSPS) is 16.5. The number of benzene rings is 2. The number of halogens is 2. The van der Waals surface area contributed by atoms with E-state index in [0.29, 0.717) is 36.7 Å². The molecule has 0 saturated carbocycles. The number of ether oxygens (including phenoxy) is 1. The molecule has 0 aromatic heterocycles. The van der Waals surface area contributed by atoms with Crippen LogP contribution in [0, 0.1) is 26.7 Å². The summed E-state index contributed by atoms with van der Waals surface area (Å²) >= 11 is 0. The van der Waals surface area contributed by atoms with Gasteiger partial charge >= 0.3 is 13.7 Å². The Labute approximate surface area is 255 Å². The molecule has 7 nitrogen and oxygen atoms in total. The maximum atomic E-state index is 13.7. The minimum Gasteiger partial charge on any atom is -0.434 e. The molecule has 3 rings (SSSR count). The first-order valence-corrected chi connectivity index (χ1v) is 15.1. The van der Waals surface area contributed by atoms with Crippen molar-refractivity contribution in [2.24, 2.45) is 5.92 Å². The van der Waals surface area contributed by atoms with Gasteiger partial charge in [-0.05, 0) is 97.3 Å².